The van der Waals surface area contributed by atoms with Gasteiger partial charge in [0.1, 0.15) is 0 Å². The van der Waals surface area contributed by atoms with E-state index in [4.69, 9.17) is 17.3 Å². The minimum absolute atomic E-state index is 0.0955. The van der Waals surface area contributed by atoms with Gasteiger partial charge in [-0.25, -0.2) is 0 Å². The summed E-state index contributed by atoms with van der Waals surface area (Å²) in [7, 11) is -3.78. The zero-order valence-electron chi connectivity index (χ0n) is 9.21. The van der Waals surface area contributed by atoms with Crippen LogP contribution in [0.3, 0.4) is 0 Å². The molecule has 0 saturated carbocycles. The largest absolute Gasteiger partial charge is 0.374 e. The lowest BCUT2D eigenvalue weighted by atomic mass is 10.2. The molecule has 9 heteroatoms. The Labute approximate surface area is 113 Å². The summed E-state index contributed by atoms with van der Waals surface area (Å²) in [5.41, 5.74) is 6.50. The highest BCUT2D eigenvalue weighted by atomic mass is 35.5. The summed E-state index contributed by atoms with van der Waals surface area (Å²) >= 11 is 6.61. The minimum Gasteiger partial charge on any atom is -0.374 e. The number of hydrogen-bond donors (Lipinski definition) is 2. The number of nitrogens with zero attached hydrogens (tertiary/aromatic N) is 2. The highest BCUT2D eigenvalue weighted by Gasteiger charge is 2.20. The molecule has 1 heterocycles. The van der Waals surface area contributed by atoms with Gasteiger partial charge in [-0.15, -0.1) is 10.2 Å². The molecule has 0 bridgehead atoms. The maximum Gasteiger partial charge on any atom is 0.291 e. The maximum absolute atomic E-state index is 12.0. The van der Waals surface area contributed by atoms with Crippen LogP contribution in [-0.2, 0) is 10.0 Å². The molecule has 0 aliphatic rings. The Kier molecular flexibility index (Phi) is 3.42. The molecule has 1 aromatic heterocycles. The summed E-state index contributed by atoms with van der Waals surface area (Å²) in [6.45, 7) is 1.77. The average molecular weight is 305 g/mol. The van der Waals surface area contributed by atoms with Gasteiger partial charge < -0.3 is 5.73 Å². The second-order valence-electron chi connectivity index (χ2n) is 3.47. The van der Waals surface area contributed by atoms with Gasteiger partial charge in [0, 0.05) is 5.02 Å². The first-order valence-electron chi connectivity index (χ1n) is 4.76. The number of nitrogens with one attached hydrogen (secondary N) is 1. The third kappa shape index (κ3) is 2.71. The van der Waals surface area contributed by atoms with Crippen LogP contribution in [-0.4, -0.2) is 18.6 Å². The zero-order valence-corrected chi connectivity index (χ0v) is 11.6. The van der Waals surface area contributed by atoms with E-state index in [1.807, 2.05) is 0 Å². The number of nitrogen functional groups attached to an aromatic ring is 1. The van der Waals surface area contributed by atoms with E-state index < -0.39 is 10.0 Å². The summed E-state index contributed by atoms with van der Waals surface area (Å²) in [6, 6.07) is 4.92. The van der Waals surface area contributed by atoms with Gasteiger partial charge in [-0.3, -0.25) is 4.72 Å². The van der Waals surface area contributed by atoms with E-state index >= 15 is 0 Å². The van der Waals surface area contributed by atoms with Gasteiger partial charge in [-0.2, -0.15) is 8.42 Å². The smallest absolute Gasteiger partial charge is 0.291 e. The fourth-order valence-electron chi connectivity index (χ4n) is 1.22. The molecule has 0 saturated heterocycles. The van der Waals surface area contributed by atoms with Crippen LogP contribution in [0.1, 0.15) is 5.56 Å². The van der Waals surface area contributed by atoms with Crippen molar-refractivity contribution in [2.45, 2.75) is 11.3 Å². The molecule has 0 spiro atoms. The van der Waals surface area contributed by atoms with Crippen molar-refractivity contribution in [2.24, 2.45) is 0 Å². The summed E-state index contributed by atoms with van der Waals surface area (Å²) in [5, 5.41) is 7.50. The topological polar surface area (TPSA) is 98.0 Å². The van der Waals surface area contributed by atoms with E-state index in [2.05, 4.69) is 14.9 Å². The van der Waals surface area contributed by atoms with E-state index in [9.17, 15) is 8.42 Å². The molecule has 3 N–H and O–H groups in total. The summed E-state index contributed by atoms with van der Waals surface area (Å²) in [5.74, 6) is 0. The van der Waals surface area contributed by atoms with Crippen molar-refractivity contribution in [1.29, 1.82) is 0 Å². The molecule has 0 aliphatic carbocycles. The molecule has 1 aromatic carbocycles. The Balaban J connectivity index is 2.36. The molecule has 0 amide bonds. The third-order valence-electron chi connectivity index (χ3n) is 2.10. The molecule has 2 aromatic rings. The molecular formula is C9H9ClN4O2S2. The van der Waals surface area contributed by atoms with Crippen LogP contribution in [0.25, 0.3) is 0 Å². The quantitative estimate of drug-likeness (QED) is 0.902. The van der Waals surface area contributed by atoms with Crippen molar-refractivity contribution in [3.8, 4) is 0 Å². The number of sulfonamides is 1. The number of anilines is 2. The van der Waals surface area contributed by atoms with Crippen LogP contribution in [0.4, 0.5) is 10.8 Å². The molecule has 18 heavy (non-hydrogen) atoms. The zero-order chi connectivity index (χ0) is 13.3. The Morgan fingerprint density at radius 1 is 1.39 bits per heavy atom. The van der Waals surface area contributed by atoms with Gasteiger partial charge in [0.15, 0.2) is 0 Å². The van der Waals surface area contributed by atoms with Gasteiger partial charge in [-0.1, -0.05) is 29.0 Å². The normalized spacial score (nSPS) is 11.4. The number of nitrogens with two attached hydrogens (primary N) is 1. The van der Waals surface area contributed by atoms with Gasteiger partial charge in [-0.05, 0) is 24.6 Å². The average Bonchev–Trinajstić information content (AvgIpc) is 2.71. The highest BCUT2D eigenvalue weighted by molar-refractivity contribution is 7.94. The first-order valence-corrected chi connectivity index (χ1v) is 7.44. The number of hydrogen-bond acceptors (Lipinski definition) is 6. The first kappa shape index (κ1) is 13.1. The van der Waals surface area contributed by atoms with Crippen molar-refractivity contribution in [2.75, 3.05) is 10.5 Å². The SMILES string of the molecule is Cc1ccc(Cl)cc1NS(=O)(=O)c1nnc(N)s1. The number of halogens is 1. The van der Waals surface area contributed by atoms with Crippen molar-refractivity contribution in [3.05, 3.63) is 28.8 Å². The van der Waals surface area contributed by atoms with Gasteiger partial charge in [0.05, 0.1) is 5.69 Å². The number of benzene rings is 1. The van der Waals surface area contributed by atoms with Crippen LogP contribution >= 0.6 is 22.9 Å². The second-order valence-corrected chi connectivity index (χ2v) is 6.77. The van der Waals surface area contributed by atoms with Crippen LogP contribution < -0.4 is 10.5 Å². The number of aryl methyl sites for hydroxylation is 1. The molecule has 6 nitrogen and oxygen atoms in total. The van der Waals surface area contributed by atoms with Crippen molar-refractivity contribution >= 4 is 43.8 Å². The summed E-state index contributed by atoms with van der Waals surface area (Å²) < 4.78 is 26.2. The summed E-state index contributed by atoms with van der Waals surface area (Å²) in [6.07, 6.45) is 0. The first-order chi connectivity index (χ1) is 8.38. The fraction of sp³-hybridized carbons (Fsp3) is 0.111. The summed E-state index contributed by atoms with van der Waals surface area (Å²) in [4.78, 5) is 0. The highest BCUT2D eigenvalue weighted by Crippen LogP contribution is 2.25. The number of aromatic nitrogens is 2. The molecule has 0 unspecified atom stereocenters. The van der Waals surface area contributed by atoms with Crippen molar-refractivity contribution in [3.63, 3.8) is 0 Å². The Morgan fingerprint density at radius 3 is 2.72 bits per heavy atom. The standard InChI is InChI=1S/C9H9ClN4O2S2/c1-5-2-3-6(10)4-7(5)14-18(15,16)9-13-12-8(11)17-9/h2-4,14H,1H3,(H2,11,12). The lowest BCUT2D eigenvalue weighted by Gasteiger charge is -2.08. The second kappa shape index (κ2) is 4.71. The Hall–Kier alpha value is -1.38. The molecule has 0 fully saturated rings. The van der Waals surface area contributed by atoms with Crippen LogP contribution in [0.5, 0.6) is 0 Å². The Bertz CT molecular complexity index is 684. The van der Waals surface area contributed by atoms with E-state index in [1.165, 1.54) is 6.07 Å². The number of rotatable bonds is 3. The van der Waals surface area contributed by atoms with E-state index in [0.29, 0.717) is 10.7 Å². The van der Waals surface area contributed by atoms with E-state index in [0.717, 1.165) is 16.9 Å². The Morgan fingerprint density at radius 2 is 2.11 bits per heavy atom. The monoisotopic (exact) mass is 304 g/mol. The van der Waals surface area contributed by atoms with Gasteiger partial charge in [0.2, 0.25) is 5.13 Å². The van der Waals surface area contributed by atoms with E-state index in [1.54, 1.807) is 19.1 Å². The predicted molar refractivity (Wildman–Crippen MR) is 71.3 cm³/mol. The van der Waals surface area contributed by atoms with Gasteiger partial charge >= 0.3 is 0 Å². The van der Waals surface area contributed by atoms with E-state index in [-0.39, 0.29) is 9.47 Å². The molecule has 2 rings (SSSR count). The third-order valence-corrected chi connectivity index (χ3v) is 4.82. The molecule has 0 radical (unpaired) electrons. The predicted octanol–water partition coefficient (Wildman–Crippen LogP) is 1.88. The minimum atomic E-state index is -3.78. The fourth-order valence-corrected chi connectivity index (χ4v) is 3.30. The van der Waals surface area contributed by atoms with Crippen LogP contribution in [0.15, 0.2) is 22.5 Å². The molecule has 96 valence electrons. The molecular weight excluding hydrogens is 296 g/mol. The molecule has 0 atom stereocenters. The van der Waals surface area contributed by atoms with Crippen molar-refractivity contribution in [1.82, 2.24) is 10.2 Å². The lowest BCUT2D eigenvalue weighted by molar-refractivity contribution is 0.599. The van der Waals surface area contributed by atoms with Crippen molar-refractivity contribution < 1.29 is 8.42 Å². The lowest BCUT2D eigenvalue weighted by Crippen LogP contribution is -2.13. The van der Waals surface area contributed by atoms with Gasteiger partial charge in [0.25, 0.3) is 14.4 Å². The van der Waals surface area contributed by atoms with Crippen LogP contribution in [0.2, 0.25) is 5.02 Å². The van der Waals surface area contributed by atoms with Crippen LogP contribution in [0, 0.1) is 6.92 Å². The molecule has 0 aliphatic heterocycles. The maximum atomic E-state index is 12.0.